The average molecular weight is 435 g/mol. The molecule has 0 bridgehead atoms. The molecular formula is C23H28Cl2N2O2. The minimum atomic E-state index is -0.377. The molecule has 0 unspecified atom stereocenters. The van der Waals surface area contributed by atoms with Crippen LogP contribution in [0, 0.1) is 0 Å². The van der Waals surface area contributed by atoms with Gasteiger partial charge in [0, 0.05) is 5.56 Å². The van der Waals surface area contributed by atoms with Crippen molar-refractivity contribution in [2.45, 2.75) is 51.9 Å². The van der Waals surface area contributed by atoms with E-state index in [4.69, 9.17) is 27.9 Å². The fourth-order valence-corrected chi connectivity index (χ4v) is 3.26. The third kappa shape index (κ3) is 8.46. The van der Waals surface area contributed by atoms with Crippen molar-refractivity contribution in [3.8, 4) is 5.75 Å². The van der Waals surface area contributed by atoms with E-state index in [2.05, 4.69) is 17.5 Å². The number of halogens is 2. The summed E-state index contributed by atoms with van der Waals surface area (Å²) >= 11 is 12.3. The summed E-state index contributed by atoms with van der Waals surface area (Å²) in [6.45, 7) is 2.91. The summed E-state index contributed by atoms with van der Waals surface area (Å²) in [6.07, 6.45) is 10.2. The maximum absolute atomic E-state index is 12.1. The van der Waals surface area contributed by atoms with Gasteiger partial charge < -0.3 is 4.74 Å². The molecule has 0 atom stereocenters. The largest absolute Gasteiger partial charge is 0.494 e. The summed E-state index contributed by atoms with van der Waals surface area (Å²) in [5.74, 6) is 0.357. The van der Waals surface area contributed by atoms with Gasteiger partial charge in [0.05, 0.1) is 28.4 Å². The maximum Gasteiger partial charge on any atom is 0.272 e. The third-order valence-corrected chi connectivity index (χ3v) is 5.13. The Kier molecular flexibility index (Phi) is 10.6. The van der Waals surface area contributed by atoms with Crippen LogP contribution in [0.2, 0.25) is 10.0 Å². The van der Waals surface area contributed by atoms with E-state index in [9.17, 15) is 4.79 Å². The van der Waals surface area contributed by atoms with Gasteiger partial charge in [-0.3, -0.25) is 4.79 Å². The van der Waals surface area contributed by atoms with E-state index in [-0.39, 0.29) is 5.91 Å². The van der Waals surface area contributed by atoms with Gasteiger partial charge in [-0.2, -0.15) is 5.10 Å². The number of nitrogens with one attached hydrogen (secondary N) is 1. The summed E-state index contributed by atoms with van der Waals surface area (Å²) in [6, 6.07) is 12.2. The lowest BCUT2D eigenvalue weighted by atomic mass is 10.1. The predicted octanol–water partition coefficient (Wildman–Crippen LogP) is 6.89. The minimum absolute atomic E-state index is 0.367. The molecule has 0 aliphatic heterocycles. The average Bonchev–Trinajstić information content (AvgIpc) is 2.71. The number of amides is 1. The molecular weight excluding hydrogens is 407 g/mol. The molecule has 0 heterocycles. The highest BCUT2D eigenvalue weighted by Crippen LogP contribution is 2.22. The molecule has 156 valence electrons. The van der Waals surface area contributed by atoms with Crippen LogP contribution in [0.1, 0.15) is 67.8 Å². The fraction of sp³-hybridized carbons (Fsp3) is 0.391. The standard InChI is InChI=1S/C23H28Cl2N2O2/c1-2-3-4-5-6-7-10-15-29-19-14-13-18(22(25)16-19)17-26-27-23(28)20-11-8-9-12-21(20)24/h8-9,11-14,16-17H,2-7,10,15H2,1H3,(H,27,28)/b26-17-. The molecule has 0 radical (unpaired) electrons. The van der Waals surface area contributed by atoms with Crippen LogP contribution >= 0.6 is 23.2 Å². The van der Waals surface area contributed by atoms with Gasteiger partial charge in [-0.15, -0.1) is 0 Å². The summed E-state index contributed by atoms with van der Waals surface area (Å²) in [5, 5.41) is 4.85. The van der Waals surface area contributed by atoms with Crippen molar-refractivity contribution in [3.63, 3.8) is 0 Å². The van der Waals surface area contributed by atoms with E-state index in [1.54, 1.807) is 30.3 Å². The number of rotatable bonds is 12. The highest BCUT2D eigenvalue weighted by Gasteiger charge is 2.08. The molecule has 0 saturated carbocycles. The molecule has 0 aliphatic carbocycles. The molecule has 4 nitrogen and oxygen atoms in total. The number of unbranched alkanes of at least 4 members (excludes halogenated alkanes) is 6. The molecule has 0 aromatic heterocycles. The van der Waals surface area contributed by atoms with Gasteiger partial charge in [-0.05, 0) is 36.8 Å². The second kappa shape index (κ2) is 13.2. The number of ether oxygens (including phenoxy) is 1. The number of hydrogen-bond donors (Lipinski definition) is 1. The van der Waals surface area contributed by atoms with Gasteiger partial charge in [-0.1, -0.05) is 80.8 Å². The van der Waals surface area contributed by atoms with Gasteiger partial charge >= 0.3 is 0 Å². The smallest absolute Gasteiger partial charge is 0.272 e. The lowest BCUT2D eigenvalue weighted by Gasteiger charge is -2.08. The second-order valence-electron chi connectivity index (χ2n) is 6.83. The van der Waals surface area contributed by atoms with E-state index in [1.807, 2.05) is 12.1 Å². The Bertz CT molecular complexity index is 809. The van der Waals surface area contributed by atoms with Gasteiger partial charge in [0.15, 0.2) is 0 Å². The molecule has 2 rings (SSSR count). The molecule has 0 aliphatic rings. The number of carbonyl (C=O) groups excluding carboxylic acids is 1. The summed E-state index contributed by atoms with van der Waals surface area (Å²) < 4.78 is 5.77. The van der Waals surface area contributed by atoms with Crippen LogP contribution in [0.5, 0.6) is 5.75 Å². The van der Waals surface area contributed by atoms with E-state index >= 15 is 0 Å². The van der Waals surface area contributed by atoms with Crippen molar-refractivity contribution in [1.29, 1.82) is 0 Å². The molecule has 29 heavy (non-hydrogen) atoms. The second-order valence-corrected chi connectivity index (χ2v) is 7.65. The monoisotopic (exact) mass is 434 g/mol. The molecule has 2 aromatic carbocycles. The Morgan fingerprint density at radius 3 is 2.45 bits per heavy atom. The van der Waals surface area contributed by atoms with Crippen molar-refractivity contribution in [1.82, 2.24) is 5.43 Å². The van der Waals surface area contributed by atoms with Crippen molar-refractivity contribution in [2.75, 3.05) is 6.61 Å². The number of nitrogens with zero attached hydrogens (tertiary/aromatic N) is 1. The Balaban J connectivity index is 1.75. The maximum atomic E-state index is 12.1. The van der Waals surface area contributed by atoms with Crippen molar-refractivity contribution in [2.24, 2.45) is 5.10 Å². The Morgan fingerprint density at radius 1 is 1.00 bits per heavy atom. The zero-order valence-corrected chi connectivity index (χ0v) is 18.3. The topological polar surface area (TPSA) is 50.7 Å². The van der Waals surface area contributed by atoms with Crippen LogP contribution in [0.3, 0.4) is 0 Å². The number of benzene rings is 2. The lowest BCUT2D eigenvalue weighted by molar-refractivity contribution is 0.0955. The van der Waals surface area contributed by atoms with E-state index < -0.39 is 0 Å². The Labute approximate surface area is 183 Å². The lowest BCUT2D eigenvalue weighted by Crippen LogP contribution is -2.17. The molecule has 0 spiro atoms. The first kappa shape index (κ1) is 23.2. The van der Waals surface area contributed by atoms with E-state index in [1.165, 1.54) is 44.7 Å². The molecule has 0 fully saturated rings. The van der Waals surface area contributed by atoms with Crippen molar-refractivity contribution < 1.29 is 9.53 Å². The summed E-state index contributed by atoms with van der Waals surface area (Å²) in [7, 11) is 0. The van der Waals surface area contributed by atoms with Crippen molar-refractivity contribution in [3.05, 3.63) is 63.6 Å². The Hall–Kier alpha value is -2.04. The van der Waals surface area contributed by atoms with Gasteiger partial charge in [0.25, 0.3) is 5.91 Å². The third-order valence-electron chi connectivity index (χ3n) is 4.48. The van der Waals surface area contributed by atoms with Crippen LogP contribution in [-0.4, -0.2) is 18.7 Å². The number of carbonyl (C=O) groups is 1. The molecule has 6 heteroatoms. The van der Waals surface area contributed by atoms with E-state index in [0.717, 1.165) is 12.2 Å². The normalized spacial score (nSPS) is 11.0. The fourth-order valence-electron chi connectivity index (χ4n) is 2.82. The zero-order valence-electron chi connectivity index (χ0n) is 16.8. The molecule has 0 saturated heterocycles. The Morgan fingerprint density at radius 2 is 1.72 bits per heavy atom. The highest BCUT2D eigenvalue weighted by molar-refractivity contribution is 6.34. The van der Waals surface area contributed by atoms with Gasteiger partial charge in [0.1, 0.15) is 5.75 Å². The van der Waals surface area contributed by atoms with Crippen LogP contribution in [0.25, 0.3) is 0 Å². The molecule has 1 amide bonds. The zero-order chi connectivity index (χ0) is 20.9. The van der Waals surface area contributed by atoms with Crippen LogP contribution < -0.4 is 10.2 Å². The van der Waals surface area contributed by atoms with Crippen molar-refractivity contribution >= 4 is 35.3 Å². The highest BCUT2D eigenvalue weighted by atomic mass is 35.5. The molecule has 2 aromatic rings. The predicted molar refractivity (Wildman–Crippen MR) is 121 cm³/mol. The first-order valence-corrected chi connectivity index (χ1v) is 10.9. The first-order chi connectivity index (χ1) is 14.1. The summed E-state index contributed by atoms with van der Waals surface area (Å²) in [4.78, 5) is 12.1. The number of hydrogen-bond acceptors (Lipinski definition) is 3. The molecule has 1 N–H and O–H groups in total. The quantitative estimate of drug-likeness (QED) is 0.224. The SMILES string of the molecule is CCCCCCCCCOc1ccc(/C=N\NC(=O)c2ccccc2Cl)c(Cl)c1. The van der Waals surface area contributed by atoms with Gasteiger partial charge in [-0.25, -0.2) is 5.43 Å². The summed E-state index contributed by atoms with van der Waals surface area (Å²) in [5.41, 5.74) is 3.51. The van der Waals surface area contributed by atoms with Crippen LogP contribution in [-0.2, 0) is 0 Å². The van der Waals surface area contributed by atoms with Crippen LogP contribution in [0.15, 0.2) is 47.6 Å². The van der Waals surface area contributed by atoms with Crippen LogP contribution in [0.4, 0.5) is 0 Å². The first-order valence-electron chi connectivity index (χ1n) is 10.1. The van der Waals surface area contributed by atoms with Gasteiger partial charge in [0.2, 0.25) is 0 Å². The minimum Gasteiger partial charge on any atom is -0.494 e. The van der Waals surface area contributed by atoms with E-state index in [0.29, 0.717) is 27.8 Å². The number of hydrazone groups is 1.